The lowest BCUT2D eigenvalue weighted by Crippen LogP contribution is -2.66. The summed E-state index contributed by atoms with van der Waals surface area (Å²) >= 11 is 0. The van der Waals surface area contributed by atoms with E-state index in [1.165, 1.54) is 14.2 Å². The van der Waals surface area contributed by atoms with Crippen LogP contribution in [-0.4, -0.2) is 61.2 Å². The van der Waals surface area contributed by atoms with Gasteiger partial charge < -0.3 is 29.2 Å². The molecule has 0 radical (unpaired) electrons. The van der Waals surface area contributed by atoms with E-state index in [9.17, 15) is 10.2 Å². The zero-order valence-corrected chi connectivity index (χ0v) is 19.7. The van der Waals surface area contributed by atoms with Crippen molar-refractivity contribution in [2.75, 3.05) is 20.8 Å². The van der Waals surface area contributed by atoms with Crippen LogP contribution < -0.4 is 0 Å². The van der Waals surface area contributed by atoms with Gasteiger partial charge in [0.05, 0.1) is 6.61 Å². The standard InChI is InChI=1S/C28H32O6/c1-27(30)23(34-26(32-3)24(29)25(27)31-2)19-33-28(20-13-7-4-8-14-20,21-15-9-5-10-16-21)22-17-11-6-12-18-22/h4-18,23-26,29-30H,19H2,1-3H3/t23-,24-,25-,26+,27-/m1/s1. The van der Waals surface area contributed by atoms with E-state index in [1.54, 1.807) is 6.92 Å². The third kappa shape index (κ3) is 4.41. The van der Waals surface area contributed by atoms with Crippen LogP contribution in [0.2, 0.25) is 0 Å². The zero-order valence-electron chi connectivity index (χ0n) is 19.7. The van der Waals surface area contributed by atoms with Crippen LogP contribution in [0, 0.1) is 0 Å². The number of hydrogen-bond acceptors (Lipinski definition) is 6. The van der Waals surface area contributed by atoms with Gasteiger partial charge in [-0.1, -0.05) is 91.0 Å². The molecule has 1 fully saturated rings. The minimum Gasteiger partial charge on any atom is -0.385 e. The second-order valence-electron chi connectivity index (χ2n) is 8.69. The summed E-state index contributed by atoms with van der Waals surface area (Å²) in [5.41, 5.74) is 0.321. The van der Waals surface area contributed by atoms with Gasteiger partial charge in [0.15, 0.2) is 6.29 Å². The van der Waals surface area contributed by atoms with E-state index in [0.717, 1.165) is 16.7 Å². The minimum absolute atomic E-state index is 0.0120. The summed E-state index contributed by atoms with van der Waals surface area (Å²) in [4.78, 5) is 0. The Hall–Kier alpha value is -2.58. The van der Waals surface area contributed by atoms with Crippen molar-refractivity contribution < 1.29 is 29.2 Å². The Morgan fingerprint density at radius 1 is 0.794 bits per heavy atom. The first-order valence-corrected chi connectivity index (χ1v) is 11.4. The highest BCUT2D eigenvalue weighted by atomic mass is 16.7. The predicted molar refractivity (Wildman–Crippen MR) is 128 cm³/mol. The number of methoxy groups -OCH3 is 2. The maximum absolute atomic E-state index is 11.3. The Kier molecular flexibility index (Phi) is 7.48. The highest BCUT2D eigenvalue weighted by molar-refractivity contribution is 5.47. The molecule has 0 bridgehead atoms. The molecule has 0 saturated carbocycles. The summed E-state index contributed by atoms with van der Waals surface area (Å²) in [7, 11) is 2.89. The fourth-order valence-electron chi connectivity index (χ4n) is 4.80. The van der Waals surface area contributed by atoms with Crippen LogP contribution in [0.4, 0.5) is 0 Å². The molecule has 6 nitrogen and oxygen atoms in total. The van der Waals surface area contributed by atoms with Crippen molar-refractivity contribution in [2.45, 2.75) is 42.7 Å². The molecule has 5 atom stereocenters. The number of aliphatic hydroxyl groups excluding tert-OH is 1. The van der Waals surface area contributed by atoms with Gasteiger partial charge in [0.2, 0.25) is 0 Å². The summed E-state index contributed by atoms with van der Waals surface area (Å²) in [6.07, 6.45) is -3.86. The summed E-state index contributed by atoms with van der Waals surface area (Å²) in [5, 5.41) is 21.9. The van der Waals surface area contributed by atoms with Crippen molar-refractivity contribution in [3.63, 3.8) is 0 Å². The van der Waals surface area contributed by atoms with Gasteiger partial charge in [-0.2, -0.15) is 0 Å². The predicted octanol–water partition coefficient (Wildman–Crippen LogP) is 3.49. The number of rotatable bonds is 8. The third-order valence-corrected chi connectivity index (χ3v) is 6.59. The molecule has 4 rings (SSSR count). The van der Waals surface area contributed by atoms with E-state index < -0.39 is 35.8 Å². The number of ether oxygens (including phenoxy) is 4. The van der Waals surface area contributed by atoms with Crippen LogP contribution in [0.25, 0.3) is 0 Å². The first-order chi connectivity index (χ1) is 16.4. The summed E-state index contributed by atoms with van der Waals surface area (Å²) in [6.45, 7) is 1.59. The largest absolute Gasteiger partial charge is 0.385 e. The molecule has 0 amide bonds. The summed E-state index contributed by atoms with van der Waals surface area (Å²) in [5.74, 6) is 0. The number of aliphatic hydroxyl groups is 2. The maximum Gasteiger partial charge on any atom is 0.186 e. The lowest BCUT2D eigenvalue weighted by Gasteiger charge is -2.48. The van der Waals surface area contributed by atoms with Crippen molar-refractivity contribution >= 4 is 0 Å². The van der Waals surface area contributed by atoms with Gasteiger partial charge in [0.25, 0.3) is 0 Å². The topological polar surface area (TPSA) is 77.4 Å². The Balaban J connectivity index is 1.79. The average Bonchev–Trinajstić information content (AvgIpc) is 2.87. The fraction of sp³-hybridized carbons (Fsp3) is 0.357. The van der Waals surface area contributed by atoms with Crippen LogP contribution in [0.3, 0.4) is 0 Å². The molecule has 1 aliphatic rings. The molecule has 34 heavy (non-hydrogen) atoms. The van der Waals surface area contributed by atoms with E-state index in [4.69, 9.17) is 18.9 Å². The van der Waals surface area contributed by atoms with E-state index in [1.807, 2.05) is 91.0 Å². The highest BCUT2D eigenvalue weighted by Crippen LogP contribution is 2.42. The lowest BCUT2D eigenvalue weighted by molar-refractivity contribution is -0.330. The van der Waals surface area contributed by atoms with Crippen LogP contribution >= 0.6 is 0 Å². The maximum atomic E-state index is 11.3. The first-order valence-electron chi connectivity index (χ1n) is 11.4. The van der Waals surface area contributed by atoms with Crippen molar-refractivity contribution in [2.24, 2.45) is 0 Å². The molecular formula is C28H32O6. The molecule has 2 N–H and O–H groups in total. The zero-order chi connectivity index (χ0) is 24.2. The second kappa shape index (κ2) is 10.4. The summed E-state index contributed by atoms with van der Waals surface area (Å²) < 4.78 is 23.6. The molecule has 0 unspecified atom stereocenters. The molecule has 6 heteroatoms. The van der Waals surface area contributed by atoms with Crippen molar-refractivity contribution in [1.82, 2.24) is 0 Å². The Bertz CT molecular complexity index is 928. The highest BCUT2D eigenvalue weighted by Gasteiger charge is 2.54. The van der Waals surface area contributed by atoms with E-state index in [2.05, 4.69) is 0 Å². The van der Waals surface area contributed by atoms with Crippen molar-refractivity contribution in [1.29, 1.82) is 0 Å². The summed E-state index contributed by atoms with van der Waals surface area (Å²) in [6, 6.07) is 29.9. The molecule has 0 aromatic heterocycles. The normalized spacial score (nSPS) is 27.4. The van der Waals surface area contributed by atoms with Gasteiger partial charge >= 0.3 is 0 Å². The van der Waals surface area contributed by atoms with Gasteiger partial charge in [0.1, 0.15) is 29.5 Å². The number of benzene rings is 3. The first kappa shape index (κ1) is 24.5. The molecule has 3 aromatic carbocycles. The fourth-order valence-corrected chi connectivity index (χ4v) is 4.80. The molecular weight excluding hydrogens is 432 g/mol. The van der Waals surface area contributed by atoms with E-state index in [-0.39, 0.29) is 6.61 Å². The molecule has 1 saturated heterocycles. The van der Waals surface area contributed by atoms with Gasteiger partial charge in [-0.05, 0) is 23.6 Å². The molecule has 1 heterocycles. The van der Waals surface area contributed by atoms with Gasteiger partial charge in [-0.15, -0.1) is 0 Å². The van der Waals surface area contributed by atoms with Crippen LogP contribution in [-0.2, 0) is 24.5 Å². The molecule has 3 aromatic rings. The van der Waals surface area contributed by atoms with Crippen LogP contribution in [0.5, 0.6) is 0 Å². The smallest absolute Gasteiger partial charge is 0.186 e. The minimum atomic E-state index is -1.53. The van der Waals surface area contributed by atoms with Gasteiger partial charge in [-0.25, -0.2) is 0 Å². The van der Waals surface area contributed by atoms with Crippen molar-refractivity contribution in [3.8, 4) is 0 Å². The van der Waals surface area contributed by atoms with Gasteiger partial charge in [0, 0.05) is 14.2 Å². The molecule has 0 spiro atoms. The average molecular weight is 465 g/mol. The second-order valence-corrected chi connectivity index (χ2v) is 8.69. The van der Waals surface area contributed by atoms with Crippen molar-refractivity contribution in [3.05, 3.63) is 108 Å². The third-order valence-electron chi connectivity index (χ3n) is 6.59. The molecule has 1 aliphatic heterocycles. The molecule has 180 valence electrons. The molecule has 0 aliphatic carbocycles. The Morgan fingerprint density at radius 3 is 1.62 bits per heavy atom. The SMILES string of the molecule is CO[C@H]1O[C@H](COC(c2ccccc2)(c2ccccc2)c2ccccc2)[C@@](C)(O)[C@H](OC)[C@H]1O. The Morgan fingerprint density at radius 2 is 1.24 bits per heavy atom. The van der Waals surface area contributed by atoms with E-state index in [0.29, 0.717) is 0 Å². The Labute approximate surface area is 200 Å². The lowest BCUT2D eigenvalue weighted by atomic mass is 9.79. The quantitative estimate of drug-likeness (QED) is 0.497. The number of hydrogen-bond donors (Lipinski definition) is 2. The van der Waals surface area contributed by atoms with Crippen LogP contribution in [0.15, 0.2) is 91.0 Å². The van der Waals surface area contributed by atoms with Crippen LogP contribution in [0.1, 0.15) is 23.6 Å². The monoisotopic (exact) mass is 464 g/mol. The van der Waals surface area contributed by atoms with Gasteiger partial charge in [-0.3, -0.25) is 0 Å². The van der Waals surface area contributed by atoms with E-state index >= 15 is 0 Å².